The molecular formula is C15H23N3O4S. The molecule has 1 aromatic heterocycles. The predicted molar refractivity (Wildman–Crippen MR) is 84.9 cm³/mol. The van der Waals surface area contributed by atoms with Crippen LogP contribution in [-0.2, 0) is 26.3 Å². The number of aromatic nitrogens is 1. The molecule has 1 aromatic rings. The molecule has 0 bridgehead atoms. The minimum atomic E-state index is -3.37. The summed E-state index contributed by atoms with van der Waals surface area (Å²) in [4.78, 5) is 3.98. The summed E-state index contributed by atoms with van der Waals surface area (Å²) in [5.74, 6) is 0. The van der Waals surface area contributed by atoms with Gasteiger partial charge in [-0.3, -0.25) is 4.98 Å². The Morgan fingerprint density at radius 2 is 2.17 bits per heavy atom. The van der Waals surface area contributed by atoms with E-state index in [2.05, 4.69) is 4.98 Å². The van der Waals surface area contributed by atoms with Crippen LogP contribution in [0, 0.1) is 0 Å². The van der Waals surface area contributed by atoms with Crippen molar-refractivity contribution >= 4 is 10.2 Å². The van der Waals surface area contributed by atoms with Crippen LogP contribution < -0.4 is 0 Å². The molecule has 0 saturated carbocycles. The second-order valence-corrected chi connectivity index (χ2v) is 8.50. The fourth-order valence-electron chi connectivity index (χ4n) is 3.12. The molecule has 0 aliphatic carbocycles. The molecule has 128 valence electrons. The lowest BCUT2D eigenvalue weighted by atomic mass is 9.98. The zero-order valence-corrected chi connectivity index (χ0v) is 14.3. The van der Waals surface area contributed by atoms with Gasteiger partial charge in [-0.05, 0) is 24.1 Å². The highest BCUT2D eigenvalue weighted by atomic mass is 32.2. The van der Waals surface area contributed by atoms with Gasteiger partial charge >= 0.3 is 0 Å². The molecule has 2 aliphatic heterocycles. The molecule has 0 N–H and O–H groups in total. The highest BCUT2D eigenvalue weighted by molar-refractivity contribution is 7.86. The molecule has 8 heteroatoms. The topological polar surface area (TPSA) is 72.0 Å². The van der Waals surface area contributed by atoms with Crippen molar-refractivity contribution in [1.29, 1.82) is 0 Å². The number of pyridine rings is 1. The van der Waals surface area contributed by atoms with Crippen LogP contribution in [-0.4, -0.2) is 67.5 Å². The molecule has 2 atom stereocenters. The van der Waals surface area contributed by atoms with Crippen LogP contribution in [0.25, 0.3) is 0 Å². The molecule has 3 rings (SSSR count). The Hall–Kier alpha value is -1.06. The maximum atomic E-state index is 12.2. The van der Waals surface area contributed by atoms with E-state index < -0.39 is 15.8 Å². The number of hydrogen-bond donors (Lipinski definition) is 0. The van der Waals surface area contributed by atoms with E-state index >= 15 is 0 Å². The Balaban J connectivity index is 1.56. The summed E-state index contributed by atoms with van der Waals surface area (Å²) >= 11 is 0. The largest absolute Gasteiger partial charge is 0.371 e. The van der Waals surface area contributed by atoms with E-state index in [0.717, 1.165) is 18.4 Å². The molecule has 2 aliphatic rings. The fourth-order valence-corrected chi connectivity index (χ4v) is 4.31. The Morgan fingerprint density at radius 1 is 1.43 bits per heavy atom. The lowest BCUT2D eigenvalue weighted by Crippen LogP contribution is -2.41. The van der Waals surface area contributed by atoms with Crippen molar-refractivity contribution in [2.24, 2.45) is 0 Å². The third-order valence-electron chi connectivity index (χ3n) is 4.48. The van der Waals surface area contributed by atoms with Crippen molar-refractivity contribution in [1.82, 2.24) is 13.6 Å². The Labute approximate surface area is 137 Å². The minimum absolute atomic E-state index is 0.00479. The van der Waals surface area contributed by atoms with Gasteiger partial charge in [0, 0.05) is 46.0 Å². The maximum Gasteiger partial charge on any atom is 0.281 e. The molecule has 0 amide bonds. The Morgan fingerprint density at radius 3 is 2.87 bits per heavy atom. The first kappa shape index (κ1) is 16.8. The van der Waals surface area contributed by atoms with Crippen LogP contribution in [0.5, 0.6) is 0 Å². The van der Waals surface area contributed by atoms with E-state index in [1.807, 2.05) is 12.1 Å². The molecule has 1 spiro atoms. The van der Waals surface area contributed by atoms with Gasteiger partial charge in [0.05, 0.1) is 24.9 Å². The third kappa shape index (κ3) is 3.56. The van der Waals surface area contributed by atoms with Crippen molar-refractivity contribution in [3.05, 3.63) is 30.1 Å². The third-order valence-corrected chi connectivity index (χ3v) is 6.37. The lowest BCUT2D eigenvalue weighted by Gasteiger charge is -2.24. The van der Waals surface area contributed by atoms with Crippen LogP contribution in [0.15, 0.2) is 24.5 Å². The van der Waals surface area contributed by atoms with Crippen LogP contribution in [0.3, 0.4) is 0 Å². The van der Waals surface area contributed by atoms with E-state index in [4.69, 9.17) is 9.47 Å². The zero-order valence-electron chi connectivity index (χ0n) is 13.5. The van der Waals surface area contributed by atoms with E-state index in [0.29, 0.717) is 26.3 Å². The average molecular weight is 341 g/mol. The number of ether oxygens (including phenoxy) is 2. The maximum absolute atomic E-state index is 12.2. The smallest absolute Gasteiger partial charge is 0.281 e. The molecule has 2 saturated heterocycles. The van der Waals surface area contributed by atoms with Gasteiger partial charge in [-0.2, -0.15) is 17.0 Å². The summed E-state index contributed by atoms with van der Waals surface area (Å²) < 4.78 is 39.1. The second-order valence-electron chi connectivity index (χ2n) is 6.36. The molecule has 2 fully saturated rings. The standard InChI is InChI=1S/C15H23N3O4S/c1-17(2)23(19,20)18-8-5-15(12-18)9-14(11-22-15)21-10-13-3-6-16-7-4-13/h3-4,6-7,14H,5,8-12H2,1-2H3/t14-,15-/m0/s1. The highest BCUT2D eigenvalue weighted by Crippen LogP contribution is 2.37. The second kappa shape index (κ2) is 6.45. The molecule has 0 unspecified atom stereocenters. The minimum Gasteiger partial charge on any atom is -0.371 e. The van der Waals surface area contributed by atoms with Gasteiger partial charge in [0.2, 0.25) is 0 Å². The predicted octanol–water partition coefficient (Wildman–Crippen LogP) is 0.638. The van der Waals surface area contributed by atoms with Gasteiger partial charge in [-0.15, -0.1) is 0 Å². The molecule has 3 heterocycles. The fraction of sp³-hybridized carbons (Fsp3) is 0.667. The van der Waals surface area contributed by atoms with Gasteiger partial charge in [-0.1, -0.05) is 0 Å². The Kier molecular flexibility index (Phi) is 4.70. The van der Waals surface area contributed by atoms with Gasteiger partial charge < -0.3 is 9.47 Å². The van der Waals surface area contributed by atoms with Gasteiger partial charge in [0.25, 0.3) is 10.2 Å². The van der Waals surface area contributed by atoms with Crippen LogP contribution >= 0.6 is 0 Å². The first-order chi connectivity index (χ1) is 10.9. The molecular weight excluding hydrogens is 318 g/mol. The number of rotatable bonds is 5. The van der Waals surface area contributed by atoms with E-state index in [1.54, 1.807) is 26.5 Å². The van der Waals surface area contributed by atoms with Crippen molar-refractivity contribution in [3.63, 3.8) is 0 Å². The Bertz CT molecular complexity index is 637. The normalized spacial score (nSPS) is 28.9. The molecule has 0 aromatic carbocycles. The zero-order chi connectivity index (χ0) is 16.5. The SMILES string of the molecule is CN(C)S(=O)(=O)N1CC[C@]2(C[C@H](OCc3ccncc3)CO2)C1. The molecule has 23 heavy (non-hydrogen) atoms. The summed E-state index contributed by atoms with van der Waals surface area (Å²) in [5, 5.41) is 0. The first-order valence-electron chi connectivity index (χ1n) is 7.73. The van der Waals surface area contributed by atoms with E-state index in [1.165, 1.54) is 8.61 Å². The van der Waals surface area contributed by atoms with Gasteiger partial charge in [-0.25, -0.2) is 0 Å². The quantitative estimate of drug-likeness (QED) is 0.786. The van der Waals surface area contributed by atoms with Crippen LogP contribution in [0.1, 0.15) is 18.4 Å². The first-order valence-corrected chi connectivity index (χ1v) is 9.13. The van der Waals surface area contributed by atoms with Crippen molar-refractivity contribution < 1.29 is 17.9 Å². The summed E-state index contributed by atoms with van der Waals surface area (Å²) in [6, 6.07) is 3.85. The van der Waals surface area contributed by atoms with E-state index in [9.17, 15) is 8.42 Å². The lowest BCUT2D eigenvalue weighted by molar-refractivity contribution is 0.00262. The van der Waals surface area contributed by atoms with Crippen LogP contribution in [0.4, 0.5) is 0 Å². The summed E-state index contributed by atoms with van der Waals surface area (Å²) in [6.45, 7) is 1.94. The summed E-state index contributed by atoms with van der Waals surface area (Å²) in [6.07, 6.45) is 4.94. The van der Waals surface area contributed by atoms with Crippen molar-refractivity contribution in [2.75, 3.05) is 33.8 Å². The van der Waals surface area contributed by atoms with Crippen molar-refractivity contribution in [2.45, 2.75) is 31.2 Å². The molecule has 7 nitrogen and oxygen atoms in total. The van der Waals surface area contributed by atoms with Crippen LogP contribution in [0.2, 0.25) is 0 Å². The average Bonchev–Trinajstić information content (AvgIpc) is 3.14. The number of hydrogen-bond acceptors (Lipinski definition) is 5. The monoisotopic (exact) mass is 341 g/mol. The van der Waals surface area contributed by atoms with E-state index in [-0.39, 0.29) is 6.10 Å². The van der Waals surface area contributed by atoms with Gasteiger partial charge in [0.1, 0.15) is 0 Å². The van der Waals surface area contributed by atoms with Crippen molar-refractivity contribution in [3.8, 4) is 0 Å². The van der Waals surface area contributed by atoms with Gasteiger partial charge in [0.15, 0.2) is 0 Å². The summed E-state index contributed by atoms with van der Waals surface area (Å²) in [7, 11) is -0.270. The number of nitrogens with zero attached hydrogens (tertiary/aromatic N) is 3. The highest BCUT2D eigenvalue weighted by Gasteiger charge is 2.49. The summed E-state index contributed by atoms with van der Waals surface area (Å²) in [5.41, 5.74) is 0.676. The molecule has 0 radical (unpaired) electrons.